The largest absolute Gasteiger partial charge is 0.482 e. The molecule has 0 aliphatic carbocycles. The molecule has 0 fully saturated rings. The van der Waals surface area contributed by atoms with Crippen LogP contribution >= 0.6 is 11.6 Å². The quantitative estimate of drug-likeness (QED) is 0.614. The summed E-state index contributed by atoms with van der Waals surface area (Å²) in [6.45, 7) is -0.323. The van der Waals surface area contributed by atoms with Crippen LogP contribution in [-0.2, 0) is 16.1 Å². The fraction of sp³-hybridized carbons (Fsp3) is 0.111. The van der Waals surface area contributed by atoms with Crippen molar-refractivity contribution < 1.29 is 23.2 Å². The van der Waals surface area contributed by atoms with Gasteiger partial charge in [-0.1, -0.05) is 16.8 Å². The van der Waals surface area contributed by atoms with Crippen molar-refractivity contribution in [1.82, 2.24) is 5.16 Å². The number of carbonyl (C=O) groups excluding carboxylic acids is 1. The Bertz CT molecular complexity index is 846. The van der Waals surface area contributed by atoms with Crippen LogP contribution < -0.4 is 4.74 Å². The third-order valence-electron chi connectivity index (χ3n) is 3.24. The predicted octanol–water partition coefficient (Wildman–Crippen LogP) is 4.26. The normalized spacial score (nSPS) is 10.5. The molecule has 0 N–H and O–H groups in total. The van der Waals surface area contributed by atoms with E-state index in [2.05, 4.69) is 5.16 Å². The van der Waals surface area contributed by atoms with E-state index in [-0.39, 0.29) is 19.0 Å². The van der Waals surface area contributed by atoms with E-state index in [0.717, 1.165) is 5.56 Å². The molecule has 1 aromatic heterocycles. The first kappa shape index (κ1) is 17.0. The van der Waals surface area contributed by atoms with Crippen LogP contribution in [0.1, 0.15) is 5.69 Å². The number of hydrogen-bond donors (Lipinski definition) is 0. The summed E-state index contributed by atoms with van der Waals surface area (Å²) in [5.74, 6) is -0.0205. The Morgan fingerprint density at radius 3 is 2.56 bits per heavy atom. The fourth-order valence-electron chi connectivity index (χ4n) is 2.00. The predicted molar refractivity (Wildman–Crippen MR) is 88.6 cm³/mol. The van der Waals surface area contributed by atoms with Gasteiger partial charge >= 0.3 is 5.97 Å². The van der Waals surface area contributed by atoms with Gasteiger partial charge in [-0.25, -0.2) is 9.18 Å². The molecule has 3 aromatic rings. The molecule has 0 unspecified atom stereocenters. The minimum atomic E-state index is -0.569. The number of esters is 1. The molecule has 2 aromatic carbocycles. The molecule has 0 aliphatic heterocycles. The molecule has 128 valence electrons. The molecular weight excluding hydrogens is 349 g/mol. The minimum absolute atomic E-state index is 0.0390. The van der Waals surface area contributed by atoms with Crippen LogP contribution in [0.5, 0.6) is 5.75 Å². The topological polar surface area (TPSA) is 61.6 Å². The lowest BCUT2D eigenvalue weighted by atomic mass is 10.2. The molecule has 0 aliphatic rings. The molecule has 25 heavy (non-hydrogen) atoms. The van der Waals surface area contributed by atoms with Crippen LogP contribution in [0.3, 0.4) is 0 Å². The van der Waals surface area contributed by atoms with Crippen molar-refractivity contribution in [3.63, 3.8) is 0 Å². The molecule has 0 radical (unpaired) electrons. The lowest BCUT2D eigenvalue weighted by molar-refractivity contribution is -0.147. The molecule has 0 saturated heterocycles. The Labute approximate surface area is 147 Å². The lowest BCUT2D eigenvalue weighted by Gasteiger charge is -2.05. The van der Waals surface area contributed by atoms with Crippen LogP contribution in [0.25, 0.3) is 11.3 Å². The standard InChI is InChI=1S/C18H13ClFNO4/c19-13-3-1-12(2-4-13)17-9-15(21-25-17)10-24-18(22)11-23-16-7-5-14(20)6-8-16/h1-9H,10-11H2. The summed E-state index contributed by atoms with van der Waals surface area (Å²) < 4.78 is 28.2. The molecule has 0 bridgehead atoms. The Morgan fingerprint density at radius 2 is 1.84 bits per heavy atom. The highest BCUT2D eigenvalue weighted by atomic mass is 35.5. The SMILES string of the molecule is O=C(COc1ccc(F)cc1)OCc1cc(-c2ccc(Cl)cc2)on1. The lowest BCUT2D eigenvalue weighted by Crippen LogP contribution is -2.14. The number of benzene rings is 2. The van der Waals surface area contributed by atoms with Crippen molar-refractivity contribution in [1.29, 1.82) is 0 Å². The molecular formula is C18H13ClFNO4. The number of aromatic nitrogens is 1. The summed E-state index contributed by atoms with van der Waals surface area (Å²) >= 11 is 5.84. The minimum Gasteiger partial charge on any atom is -0.482 e. The third-order valence-corrected chi connectivity index (χ3v) is 3.49. The average Bonchev–Trinajstić information content (AvgIpc) is 3.09. The number of carbonyl (C=O) groups is 1. The van der Waals surface area contributed by atoms with Gasteiger partial charge in [0.05, 0.1) is 0 Å². The van der Waals surface area contributed by atoms with E-state index in [9.17, 15) is 9.18 Å². The van der Waals surface area contributed by atoms with Crippen molar-refractivity contribution in [3.05, 3.63) is 71.1 Å². The molecule has 1 heterocycles. The van der Waals surface area contributed by atoms with E-state index in [0.29, 0.717) is 22.2 Å². The van der Waals surface area contributed by atoms with Crippen LogP contribution in [0.2, 0.25) is 5.02 Å². The maximum absolute atomic E-state index is 12.8. The third kappa shape index (κ3) is 4.81. The second kappa shape index (κ2) is 7.81. The highest BCUT2D eigenvalue weighted by molar-refractivity contribution is 6.30. The van der Waals surface area contributed by atoms with E-state index in [4.69, 9.17) is 25.6 Å². The van der Waals surface area contributed by atoms with Gasteiger partial charge in [-0.05, 0) is 48.5 Å². The number of nitrogens with zero attached hydrogens (tertiary/aromatic N) is 1. The number of rotatable bonds is 6. The molecule has 0 saturated carbocycles. The number of halogens is 2. The van der Waals surface area contributed by atoms with Crippen molar-refractivity contribution in [2.75, 3.05) is 6.61 Å². The Hall–Kier alpha value is -2.86. The second-order valence-electron chi connectivity index (χ2n) is 5.09. The molecule has 5 nitrogen and oxygen atoms in total. The molecule has 0 amide bonds. The molecule has 7 heteroatoms. The van der Waals surface area contributed by atoms with Crippen LogP contribution in [0.15, 0.2) is 59.1 Å². The van der Waals surface area contributed by atoms with Crippen molar-refractivity contribution in [2.24, 2.45) is 0 Å². The molecule has 0 atom stereocenters. The van der Waals surface area contributed by atoms with E-state index in [1.807, 2.05) is 0 Å². The van der Waals surface area contributed by atoms with Gasteiger partial charge < -0.3 is 14.0 Å². The summed E-state index contributed by atoms with van der Waals surface area (Å²) in [7, 11) is 0. The van der Waals surface area contributed by atoms with Gasteiger partial charge in [0.15, 0.2) is 12.4 Å². The van der Waals surface area contributed by atoms with Gasteiger partial charge in [-0.2, -0.15) is 0 Å². The van der Waals surface area contributed by atoms with Crippen LogP contribution in [0.4, 0.5) is 4.39 Å². The number of ether oxygens (including phenoxy) is 2. The summed E-state index contributed by atoms with van der Waals surface area (Å²) in [5, 5.41) is 4.47. The first-order valence-electron chi connectivity index (χ1n) is 7.36. The van der Waals surface area contributed by atoms with Crippen LogP contribution in [-0.4, -0.2) is 17.7 Å². The van der Waals surface area contributed by atoms with Gasteiger partial charge in [0, 0.05) is 16.7 Å². The van der Waals surface area contributed by atoms with E-state index in [1.165, 1.54) is 24.3 Å². The smallest absolute Gasteiger partial charge is 0.344 e. The summed E-state index contributed by atoms with van der Waals surface area (Å²) in [4.78, 5) is 11.7. The maximum atomic E-state index is 12.8. The first-order valence-corrected chi connectivity index (χ1v) is 7.73. The van der Waals surface area contributed by atoms with Crippen LogP contribution in [0, 0.1) is 5.82 Å². The Morgan fingerprint density at radius 1 is 1.12 bits per heavy atom. The molecule has 3 rings (SSSR count). The maximum Gasteiger partial charge on any atom is 0.344 e. The zero-order valence-corrected chi connectivity index (χ0v) is 13.7. The zero-order valence-electron chi connectivity index (χ0n) is 12.9. The van der Waals surface area contributed by atoms with Gasteiger partial charge in [0.1, 0.15) is 23.9 Å². The summed E-state index contributed by atoms with van der Waals surface area (Å²) in [6, 6.07) is 14.1. The van der Waals surface area contributed by atoms with Gasteiger partial charge in [-0.15, -0.1) is 0 Å². The fourth-order valence-corrected chi connectivity index (χ4v) is 2.13. The second-order valence-corrected chi connectivity index (χ2v) is 5.53. The monoisotopic (exact) mass is 361 g/mol. The summed E-state index contributed by atoms with van der Waals surface area (Å²) in [6.07, 6.45) is 0. The first-order chi connectivity index (χ1) is 12.1. The molecule has 0 spiro atoms. The van der Waals surface area contributed by atoms with Crippen molar-refractivity contribution in [2.45, 2.75) is 6.61 Å². The van der Waals surface area contributed by atoms with Gasteiger partial charge in [0.25, 0.3) is 0 Å². The highest BCUT2D eigenvalue weighted by Crippen LogP contribution is 2.22. The van der Waals surface area contributed by atoms with E-state index >= 15 is 0 Å². The average molecular weight is 362 g/mol. The summed E-state index contributed by atoms with van der Waals surface area (Å²) in [5.41, 5.74) is 1.29. The van der Waals surface area contributed by atoms with Gasteiger partial charge in [0.2, 0.25) is 0 Å². The Balaban J connectivity index is 1.49. The number of hydrogen-bond acceptors (Lipinski definition) is 5. The van der Waals surface area contributed by atoms with Crippen molar-refractivity contribution >= 4 is 17.6 Å². The van der Waals surface area contributed by atoms with Gasteiger partial charge in [-0.3, -0.25) is 0 Å². The van der Waals surface area contributed by atoms with E-state index in [1.54, 1.807) is 30.3 Å². The van der Waals surface area contributed by atoms with Crippen molar-refractivity contribution in [3.8, 4) is 17.1 Å². The highest BCUT2D eigenvalue weighted by Gasteiger charge is 2.10. The zero-order chi connectivity index (χ0) is 17.6. The van der Waals surface area contributed by atoms with E-state index < -0.39 is 5.97 Å². The Kier molecular flexibility index (Phi) is 5.30.